The number of thiazole rings is 1. The van der Waals surface area contributed by atoms with E-state index in [0.29, 0.717) is 10.8 Å². The number of anilines is 2. The van der Waals surface area contributed by atoms with E-state index in [1.54, 1.807) is 23.2 Å². The van der Waals surface area contributed by atoms with Gasteiger partial charge >= 0.3 is 0 Å². The van der Waals surface area contributed by atoms with Gasteiger partial charge < -0.3 is 5.32 Å². The van der Waals surface area contributed by atoms with E-state index in [1.165, 1.54) is 23.7 Å². The Morgan fingerprint density at radius 3 is 2.54 bits per heavy atom. The molecule has 0 saturated heterocycles. The van der Waals surface area contributed by atoms with E-state index >= 15 is 0 Å². The van der Waals surface area contributed by atoms with Gasteiger partial charge in [-0.15, -0.1) is 23.1 Å². The highest BCUT2D eigenvalue weighted by molar-refractivity contribution is 7.98. The van der Waals surface area contributed by atoms with E-state index < -0.39 is 5.91 Å². The second-order valence-corrected chi connectivity index (χ2v) is 6.86. The number of nitrogens with zero attached hydrogens (tertiary/aromatic N) is 3. The second kappa shape index (κ2) is 8.54. The van der Waals surface area contributed by atoms with Crippen LogP contribution in [0.2, 0.25) is 0 Å². The maximum atomic E-state index is 12.1. The summed E-state index contributed by atoms with van der Waals surface area (Å²) in [7, 11) is 0. The third-order valence-electron chi connectivity index (χ3n) is 3.26. The zero-order chi connectivity index (χ0) is 18.4. The van der Waals surface area contributed by atoms with Gasteiger partial charge in [0.05, 0.1) is 12.1 Å². The first-order chi connectivity index (χ1) is 12.6. The normalized spacial score (nSPS) is 10.3. The lowest BCUT2D eigenvalue weighted by Gasteiger charge is -2.04. The quantitative estimate of drug-likeness (QED) is 0.633. The number of amides is 2. The first-order valence-electron chi connectivity index (χ1n) is 7.61. The topological polar surface area (TPSA) is 96.9 Å². The lowest BCUT2D eigenvalue weighted by Crippen LogP contribution is -2.16. The predicted octanol–water partition coefficient (Wildman–Crippen LogP) is 3.09. The Kier molecular flexibility index (Phi) is 5.92. The zero-order valence-corrected chi connectivity index (χ0v) is 15.4. The van der Waals surface area contributed by atoms with Gasteiger partial charge in [-0.3, -0.25) is 14.9 Å². The summed E-state index contributed by atoms with van der Waals surface area (Å²) < 4.78 is 0. The molecule has 0 atom stereocenters. The third-order valence-corrected chi connectivity index (χ3v) is 4.81. The first kappa shape index (κ1) is 18.0. The van der Waals surface area contributed by atoms with E-state index in [-0.39, 0.29) is 18.2 Å². The van der Waals surface area contributed by atoms with Crippen LogP contribution in [0.15, 0.2) is 53.0 Å². The Morgan fingerprint density at radius 2 is 1.85 bits per heavy atom. The Balaban J connectivity index is 1.55. The molecular weight excluding hydrogens is 370 g/mol. The number of hydrogen-bond donors (Lipinski definition) is 2. The average Bonchev–Trinajstić information content (AvgIpc) is 3.09. The predicted molar refractivity (Wildman–Crippen MR) is 103 cm³/mol. The molecule has 2 amide bonds. The van der Waals surface area contributed by atoms with Crippen LogP contribution in [0.25, 0.3) is 0 Å². The Labute approximate surface area is 158 Å². The van der Waals surface area contributed by atoms with Crippen LogP contribution in [0, 0.1) is 0 Å². The van der Waals surface area contributed by atoms with Crippen molar-refractivity contribution in [2.24, 2.45) is 0 Å². The van der Waals surface area contributed by atoms with Crippen molar-refractivity contribution in [2.45, 2.75) is 11.3 Å². The van der Waals surface area contributed by atoms with E-state index in [2.05, 4.69) is 25.6 Å². The summed E-state index contributed by atoms with van der Waals surface area (Å²) in [5.74, 6) is -0.544. The number of hydrogen-bond acceptors (Lipinski definition) is 7. The Hall–Kier alpha value is -2.78. The molecule has 0 spiro atoms. The zero-order valence-electron chi connectivity index (χ0n) is 13.8. The fourth-order valence-electron chi connectivity index (χ4n) is 2.06. The molecule has 0 radical (unpaired) electrons. The maximum Gasteiger partial charge on any atom is 0.295 e. The lowest BCUT2D eigenvalue weighted by molar-refractivity contribution is -0.115. The molecule has 0 aliphatic carbocycles. The van der Waals surface area contributed by atoms with Gasteiger partial charge in [-0.2, -0.15) is 0 Å². The highest BCUT2D eigenvalue weighted by Gasteiger charge is 2.13. The molecule has 7 nitrogen and oxygen atoms in total. The van der Waals surface area contributed by atoms with Crippen LogP contribution in [-0.4, -0.2) is 33.0 Å². The van der Waals surface area contributed by atoms with E-state index in [4.69, 9.17) is 0 Å². The van der Waals surface area contributed by atoms with Gasteiger partial charge in [-0.1, -0.05) is 0 Å². The fraction of sp³-hybridized carbons (Fsp3) is 0.118. The van der Waals surface area contributed by atoms with E-state index in [0.717, 1.165) is 10.6 Å². The molecule has 2 aromatic heterocycles. The van der Waals surface area contributed by atoms with Crippen LogP contribution in [0.1, 0.15) is 16.3 Å². The monoisotopic (exact) mass is 385 g/mol. The van der Waals surface area contributed by atoms with Gasteiger partial charge in [0.2, 0.25) is 11.7 Å². The summed E-state index contributed by atoms with van der Waals surface area (Å²) in [5.41, 5.74) is 1.32. The van der Waals surface area contributed by atoms with Gasteiger partial charge in [0.1, 0.15) is 0 Å². The van der Waals surface area contributed by atoms with Crippen molar-refractivity contribution < 1.29 is 9.59 Å². The highest BCUT2D eigenvalue weighted by atomic mass is 32.2. The van der Waals surface area contributed by atoms with Gasteiger partial charge in [-0.05, 0) is 36.6 Å². The molecule has 0 saturated carbocycles. The highest BCUT2D eigenvalue weighted by Crippen LogP contribution is 2.19. The molecule has 2 heterocycles. The van der Waals surface area contributed by atoms with Crippen LogP contribution < -0.4 is 10.6 Å². The molecule has 0 fully saturated rings. The summed E-state index contributed by atoms with van der Waals surface area (Å²) >= 11 is 2.88. The van der Waals surface area contributed by atoms with Crippen LogP contribution in [0.3, 0.4) is 0 Å². The molecule has 0 aliphatic rings. The standard InChI is InChI=1S/C17H15N5O2S2/c1-25-13-5-3-11(4-6-13)20-14(23)9-12-10-26-17(21-12)22-16(24)15-18-7-2-8-19-15/h2-8,10H,9H2,1H3,(H,20,23)(H,21,22,24). The van der Waals surface area contributed by atoms with Crippen LogP contribution in [0.5, 0.6) is 0 Å². The minimum absolute atomic E-state index is 0.0654. The number of thioether (sulfide) groups is 1. The van der Waals surface area contributed by atoms with Crippen molar-refractivity contribution in [2.75, 3.05) is 16.9 Å². The molecule has 0 bridgehead atoms. The van der Waals surface area contributed by atoms with Crippen molar-refractivity contribution in [3.63, 3.8) is 0 Å². The Bertz CT molecular complexity index is 897. The summed E-state index contributed by atoms with van der Waals surface area (Å²) in [6.07, 6.45) is 5.10. The van der Waals surface area contributed by atoms with Gasteiger partial charge in [-0.25, -0.2) is 15.0 Å². The number of nitrogens with one attached hydrogen (secondary N) is 2. The summed E-state index contributed by atoms with van der Waals surface area (Å²) in [4.78, 5) is 37.3. The second-order valence-electron chi connectivity index (χ2n) is 5.12. The fourth-order valence-corrected chi connectivity index (χ4v) is 3.17. The number of aromatic nitrogens is 3. The molecule has 3 aromatic rings. The number of benzene rings is 1. The molecule has 132 valence electrons. The van der Waals surface area contributed by atoms with Gasteiger partial charge in [0.25, 0.3) is 5.91 Å². The van der Waals surface area contributed by atoms with E-state index in [1.807, 2.05) is 30.5 Å². The van der Waals surface area contributed by atoms with Crippen LogP contribution >= 0.6 is 23.1 Å². The van der Waals surface area contributed by atoms with Crippen molar-refractivity contribution in [3.05, 3.63) is 59.6 Å². The molecule has 0 aliphatic heterocycles. The summed E-state index contributed by atoms with van der Waals surface area (Å²) in [6.45, 7) is 0. The molecule has 3 rings (SSSR count). The maximum absolute atomic E-state index is 12.1. The van der Waals surface area contributed by atoms with Crippen molar-refractivity contribution in [3.8, 4) is 0 Å². The lowest BCUT2D eigenvalue weighted by atomic mass is 10.3. The van der Waals surface area contributed by atoms with Crippen molar-refractivity contribution >= 4 is 45.7 Å². The number of carbonyl (C=O) groups is 2. The largest absolute Gasteiger partial charge is 0.326 e. The van der Waals surface area contributed by atoms with Gasteiger partial charge in [0, 0.05) is 28.4 Å². The summed E-state index contributed by atoms with van der Waals surface area (Å²) in [5, 5.41) is 7.58. The van der Waals surface area contributed by atoms with Crippen LogP contribution in [-0.2, 0) is 11.2 Å². The third kappa shape index (κ3) is 4.87. The average molecular weight is 385 g/mol. The minimum Gasteiger partial charge on any atom is -0.326 e. The Morgan fingerprint density at radius 1 is 1.12 bits per heavy atom. The van der Waals surface area contributed by atoms with Crippen LogP contribution in [0.4, 0.5) is 10.8 Å². The summed E-state index contributed by atoms with van der Waals surface area (Å²) in [6, 6.07) is 9.24. The first-order valence-corrected chi connectivity index (χ1v) is 9.71. The van der Waals surface area contributed by atoms with E-state index in [9.17, 15) is 9.59 Å². The minimum atomic E-state index is -0.440. The van der Waals surface area contributed by atoms with Gasteiger partial charge in [0.15, 0.2) is 5.13 Å². The van der Waals surface area contributed by atoms with Crippen molar-refractivity contribution in [1.82, 2.24) is 15.0 Å². The molecule has 2 N–H and O–H groups in total. The smallest absolute Gasteiger partial charge is 0.295 e. The molecule has 1 aromatic carbocycles. The van der Waals surface area contributed by atoms with Crippen molar-refractivity contribution in [1.29, 1.82) is 0 Å². The molecular formula is C17H15N5O2S2. The molecule has 0 unspecified atom stereocenters. The number of carbonyl (C=O) groups excluding carboxylic acids is 2. The molecule has 26 heavy (non-hydrogen) atoms. The molecule has 9 heteroatoms. The number of rotatable bonds is 6. The SMILES string of the molecule is CSc1ccc(NC(=O)Cc2csc(NC(=O)c3ncccn3)n2)cc1.